The predicted molar refractivity (Wildman–Crippen MR) is 137 cm³/mol. The number of carbonyl (C=O) groups excluding carboxylic acids is 1. The van der Waals surface area contributed by atoms with E-state index in [1.807, 2.05) is 24.3 Å². The smallest absolute Gasteiger partial charge is 0.255 e. The molecule has 1 atom stereocenters. The second-order valence-corrected chi connectivity index (χ2v) is 9.32. The number of carbonyl (C=O) groups is 1. The van der Waals surface area contributed by atoms with Crippen LogP contribution in [0.2, 0.25) is 0 Å². The second-order valence-electron chi connectivity index (χ2n) is 8.15. The molecule has 0 saturated carbocycles. The molecule has 5 rings (SSSR count). The van der Waals surface area contributed by atoms with E-state index >= 15 is 0 Å². The summed E-state index contributed by atoms with van der Waals surface area (Å²) in [4.78, 5) is 28.1. The maximum atomic E-state index is 13.6. The van der Waals surface area contributed by atoms with Crippen LogP contribution in [0.25, 0.3) is 21.5 Å². The van der Waals surface area contributed by atoms with Crippen LogP contribution in [0.4, 0.5) is 14.6 Å². The van der Waals surface area contributed by atoms with E-state index in [4.69, 9.17) is 0 Å². The number of amides is 1. The maximum absolute atomic E-state index is 13.6. The minimum absolute atomic E-state index is 0.358. The minimum atomic E-state index is -0.954. The van der Waals surface area contributed by atoms with Crippen molar-refractivity contribution in [3.63, 3.8) is 0 Å². The molecule has 6 nitrogen and oxygen atoms in total. The Labute approximate surface area is 210 Å². The van der Waals surface area contributed by atoms with Crippen molar-refractivity contribution in [1.29, 1.82) is 0 Å². The van der Waals surface area contributed by atoms with Crippen LogP contribution in [-0.4, -0.2) is 20.9 Å². The van der Waals surface area contributed by atoms with E-state index in [1.54, 1.807) is 49.0 Å². The van der Waals surface area contributed by atoms with Gasteiger partial charge in [0.25, 0.3) is 5.91 Å². The fourth-order valence-corrected chi connectivity index (χ4v) is 4.73. The SMILES string of the molecule is C[C@H](NC(=O)c1cccnc1NCc1ccc(-c2ccc3nccnc3c2)s1)c1ccc(F)c(F)c1. The molecule has 0 fully saturated rings. The molecular weight excluding hydrogens is 480 g/mol. The Balaban J connectivity index is 1.27. The third-order valence-electron chi connectivity index (χ3n) is 5.69. The molecular formula is C27H21F2N5OS. The van der Waals surface area contributed by atoms with E-state index in [0.29, 0.717) is 23.5 Å². The molecule has 9 heteroatoms. The lowest BCUT2D eigenvalue weighted by Crippen LogP contribution is -2.27. The molecule has 180 valence electrons. The number of hydrogen-bond acceptors (Lipinski definition) is 6. The van der Waals surface area contributed by atoms with Crippen LogP contribution in [0.3, 0.4) is 0 Å². The second kappa shape index (κ2) is 10.2. The average Bonchev–Trinajstić information content (AvgIpc) is 3.38. The first-order valence-electron chi connectivity index (χ1n) is 11.2. The molecule has 0 unspecified atom stereocenters. The zero-order chi connectivity index (χ0) is 25.1. The molecule has 0 bridgehead atoms. The van der Waals surface area contributed by atoms with Gasteiger partial charge >= 0.3 is 0 Å². The highest BCUT2D eigenvalue weighted by Gasteiger charge is 2.17. The summed E-state index contributed by atoms with van der Waals surface area (Å²) in [6, 6.07) is 16.5. The van der Waals surface area contributed by atoms with Gasteiger partial charge in [-0.15, -0.1) is 11.3 Å². The summed E-state index contributed by atoms with van der Waals surface area (Å²) < 4.78 is 26.8. The van der Waals surface area contributed by atoms with Gasteiger partial charge in [0.05, 0.1) is 29.2 Å². The number of rotatable bonds is 7. The van der Waals surface area contributed by atoms with Crippen molar-refractivity contribution in [3.05, 3.63) is 107 Å². The molecule has 36 heavy (non-hydrogen) atoms. The van der Waals surface area contributed by atoms with E-state index in [1.165, 1.54) is 6.07 Å². The molecule has 5 aromatic rings. The number of anilines is 1. The number of aromatic nitrogens is 3. The fourth-order valence-electron chi connectivity index (χ4n) is 3.78. The van der Waals surface area contributed by atoms with Gasteiger partial charge in [-0.3, -0.25) is 14.8 Å². The Morgan fingerprint density at radius 1 is 0.917 bits per heavy atom. The standard InChI is InChI=1S/C27H21F2N5OS/c1-16(17-4-7-21(28)22(29)13-17)34-27(35)20-3-2-10-32-26(20)33-15-19-6-9-25(36-19)18-5-8-23-24(14-18)31-12-11-30-23/h2-14,16H,15H2,1H3,(H,32,33)(H,34,35)/t16-/m0/s1. The number of pyridine rings is 1. The molecule has 1 amide bonds. The van der Waals surface area contributed by atoms with Gasteiger partial charge < -0.3 is 10.6 Å². The molecule has 3 aromatic heterocycles. The van der Waals surface area contributed by atoms with Crippen LogP contribution in [0.1, 0.15) is 33.8 Å². The Morgan fingerprint density at radius 3 is 2.58 bits per heavy atom. The Bertz CT molecular complexity index is 1550. The number of hydrogen-bond donors (Lipinski definition) is 2. The lowest BCUT2D eigenvalue weighted by molar-refractivity contribution is 0.0940. The topological polar surface area (TPSA) is 79.8 Å². The minimum Gasteiger partial charge on any atom is -0.365 e. The van der Waals surface area contributed by atoms with Crippen LogP contribution >= 0.6 is 11.3 Å². The number of benzene rings is 2. The van der Waals surface area contributed by atoms with Crippen molar-refractivity contribution in [2.75, 3.05) is 5.32 Å². The normalized spacial score (nSPS) is 11.9. The van der Waals surface area contributed by atoms with Crippen molar-refractivity contribution in [2.24, 2.45) is 0 Å². The zero-order valence-electron chi connectivity index (χ0n) is 19.2. The van der Waals surface area contributed by atoms with Crippen molar-refractivity contribution < 1.29 is 13.6 Å². The van der Waals surface area contributed by atoms with Crippen LogP contribution in [0.15, 0.2) is 79.3 Å². The Kier molecular flexibility index (Phi) is 6.64. The Hall–Kier alpha value is -4.24. The fraction of sp³-hybridized carbons (Fsp3) is 0.111. The maximum Gasteiger partial charge on any atom is 0.255 e. The first-order chi connectivity index (χ1) is 17.5. The molecule has 3 heterocycles. The quantitative estimate of drug-likeness (QED) is 0.280. The summed E-state index contributed by atoms with van der Waals surface area (Å²) in [5.41, 5.74) is 3.57. The molecule has 2 aromatic carbocycles. The molecule has 0 aliphatic heterocycles. The summed E-state index contributed by atoms with van der Waals surface area (Å²) in [7, 11) is 0. The molecule has 0 radical (unpaired) electrons. The summed E-state index contributed by atoms with van der Waals surface area (Å²) in [5.74, 6) is -1.82. The van der Waals surface area contributed by atoms with E-state index < -0.39 is 17.7 Å². The molecule has 2 N–H and O–H groups in total. The van der Waals surface area contributed by atoms with E-state index in [2.05, 4.69) is 31.7 Å². The van der Waals surface area contributed by atoms with Crippen LogP contribution < -0.4 is 10.6 Å². The average molecular weight is 502 g/mol. The van der Waals surface area contributed by atoms with E-state index in [-0.39, 0.29) is 5.91 Å². The van der Waals surface area contributed by atoms with Gasteiger partial charge in [0, 0.05) is 28.3 Å². The molecule has 0 aliphatic carbocycles. The zero-order valence-corrected chi connectivity index (χ0v) is 20.0. The number of nitrogens with zero attached hydrogens (tertiary/aromatic N) is 3. The third-order valence-corrected chi connectivity index (χ3v) is 6.82. The predicted octanol–water partition coefficient (Wildman–Crippen LogP) is 6.13. The van der Waals surface area contributed by atoms with Crippen LogP contribution in [0, 0.1) is 11.6 Å². The van der Waals surface area contributed by atoms with E-state index in [0.717, 1.165) is 38.5 Å². The lowest BCUT2D eigenvalue weighted by Gasteiger charge is -2.16. The van der Waals surface area contributed by atoms with Gasteiger partial charge in [-0.2, -0.15) is 0 Å². The largest absolute Gasteiger partial charge is 0.365 e. The van der Waals surface area contributed by atoms with Gasteiger partial charge in [-0.1, -0.05) is 12.1 Å². The van der Waals surface area contributed by atoms with Crippen molar-refractivity contribution in [3.8, 4) is 10.4 Å². The number of halogens is 2. The van der Waals surface area contributed by atoms with E-state index in [9.17, 15) is 13.6 Å². The molecule has 0 spiro atoms. The number of fused-ring (bicyclic) bond motifs is 1. The van der Waals surface area contributed by atoms with Gasteiger partial charge in [0.2, 0.25) is 0 Å². The van der Waals surface area contributed by atoms with Crippen LogP contribution in [-0.2, 0) is 6.54 Å². The highest BCUT2D eigenvalue weighted by atomic mass is 32.1. The van der Waals surface area contributed by atoms with Gasteiger partial charge in [-0.25, -0.2) is 13.8 Å². The first-order valence-corrected chi connectivity index (χ1v) is 12.0. The molecule has 0 saturated heterocycles. The summed E-state index contributed by atoms with van der Waals surface area (Å²) >= 11 is 1.63. The Morgan fingerprint density at radius 2 is 1.75 bits per heavy atom. The summed E-state index contributed by atoms with van der Waals surface area (Å²) in [6.07, 6.45) is 4.95. The highest BCUT2D eigenvalue weighted by molar-refractivity contribution is 7.15. The van der Waals surface area contributed by atoms with Gasteiger partial charge in [0.15, 0.2) is 11.6 Å². The van der Waals surface area contributed by atoms with Gasteiger partial charge in [-0.05, 0) is 66.6 Å². The third kappa shape index (κ3) is 5.06. The monoisotopic (exact) mass is 501 g/mol. The number of nitrogens with one attached hydrogen (secondary N) is 2. The van der Waals surface area contributed by atoms with Crippen molar-refractivity contribution >= 4 is 34.1 Å². The van der Waals surface area contributed by atoms with Crippen molar-refractivity contribution in [2.45, 2.75) is 19.5 Å². The first kappa shape index (κ1) is 23.5. The number of thiophene rings is 1. The lowest BCUT2D eigenvalue weighted by atomic mass is 10.1. The van der Waals surface area contributed by atoms with Crippen LogP contribution in [0.5, 0.6) is 0 Å². The van der Waals surface area contributed by atoms with Crippen molar-refractivity contribution in [1.82, 2.24) is 20.3 Å². The summed E-state index contributed by atoms with van der Waals surface area (Å²) in [5, 5.41) is 6.06. The molecule has 0 aliphatic rings. The highest BCUT2D eigenvalue weighted by Crippen LogP contribution is 2.30. The summed E-state index contributed by atoms with van der Waals surface area (Å²) in [6.45, 7) is 2.19. The van der Waals surface area contributed by atoms with Gasteiger partial charge in [0.1, 0.15) is 5.82 Å².